The van der Waals surface area contributed by atoms with E-state index in [4.69, 9.17) is 23.2 Å². The number of nitrogens with one attached hydrogen (secondary N) is 2. The van der Waals surface area contributed by atoms with Crippen molar-refractivity contribution in [1.82, 2.24) is 5.32 Å². The summed E-state index contributed by atoms with van der Waals surface area (Å²) in [6.45, 7) is 0. The lowest BCUT2D eigenvalue weighted by atomic mass is 10.2. The van der Waals surface area contributed by atoms with Crippen molar-refractivity contribution in [3.8, 4) is 5.75 Å². The van der Waals surface area contributed by atoms with Gasteiger partial charge in [0.05, 0.1) is 0 Å². The van der Waals surface area contributed by atoms with Crippen molar-refractivity contribution >= 4 is 40.8 Å². The lowest BCUT2D eigenvalue weighted by Crippen LogP contribution is -2.35. The average Bonchev–Trinajstić information content (AvgIpc) is 2.56. The molecule has 0 saturated heterocycles. The summed E-state index contributed by atoms with van der Waals surface area (Å²) in [4.78, 5) is 21.4. The van der Waals surface area contributed by atoms with Crippen LogP contribution < -0.4 is 15.4 Å². The highest BCUT2D eigenvalue weighted by Gasteiger charge is 2.40. The molecule has 0 radical (unpaired) electrons. The van der Waals surface area contributed by atoms with E-state index in [1.807, 2.05) is 0 Å². The molecule has 27 heavy (non-hydrogen) atoms. The summed E-state index contributed by atoms with van der Waals surface area (Å²) < 4.78 is 57.8. The Hall–Kier alpha value is -2.52. The molecule has 5 nitrogen and oxygen atoms in total. The van der Waals surface area contributed by atoms with Crippen LogP contribution in [0, 0.1) is 11.6 Å². The summed E-state index contributed by atoms with van der Waals surface area (Å²) in [5.41, 5.74) is -0.839. The van der Waals surface area contributed by atoms with Crippen molar-refractivity contribution in [2.45, 2.75) is 10.9 Å². The van der Waals surface area contributed by atoms with Crippen molar-refractivity contribution in [3.05, 3.63) is 59.7 Å². The molecule has 0 spiro atoms. The SMILES string of the molecule is O=C(NC(=O)c1c(F)cccc1F)Nc1ccc(OC(F)(F)C(Cl)Cl)cc1. The zero-order valence-corrected chi connectivity index (χ0v) is 14.6. The number of carbonyl (C=O) groups excluding carboxylic acids is 2. The number of imide groups is 1. The zero-order valence-electron chi connectivity index (χ0n) is 13.1. The van der Waals surface area contributed by atoms with Crippen molar-refractivity contribution in [2.24, 2.45) is 0 Å². The number of urea groups is 1. The number of halogens is 6. The summed E-state index contributed by atoms with van der Waals surface area (Å²) >= 11 is 10.2. The van der Waals surface area contributed by atoms with Gasteiger partial charge in [-0.2, -0.15) is 8.78 Å². The third-order valence-corrected chi connectivity index (χ3v) is 3.55. The van der Waals surface area contributed by atoms with Crippen molar-refractivity contribution < 1.29 is 31.9 Å². The number of benzene rings is 2. The van der Waals surface area contributed by atoms with E-state index in [2.05, 4.69) is 10.1 Å². The maximum absolute atomic E-state index is 13.5. The van der Waals surface area contributed by atoms with Gasteiger partial charge in [-0.3, -0.25) is 10.1 Å². The molecule has 0 aliphatic rings. The van der Waals surface area contributed by atoms with Gasteiger partial charge in [0, 0.05) is 5.69 Å². The lowest BCUT2D eigenvalue weighted by Gasteiger charge is -2.18. The molecule has 0 unspecified atom stereocenters. The first-order chi connectivity index (χ1) is 12.6. The summed E-state index contributed by atoms with van der Waals surface area (Å²) in [6.07, 6.45) is -3.83. The van der Waals surface area contributed by atoms with Crippen LogP contribution in [0.25, 0.3) is 0 Å². The molecule has 144 valence electrons. The monoisotopic (exact) mass is 424 g/mol. The van der Waals surface area contributed by atoms with Gasteiger partial charge in [0.1, 0.15) is 22.9 Å². The minimum absolute atomic E-state index is 0.0817. The molecule has 2 aromatic carbocycles. The summed E-state index contributed by atoms with van der Waals surface area (Å²) in [6, 6.07) is 6.20. The Balaban J connectivity index is 1.99. The summed E-state index contributed by atoms with van der Waals surface area (Å²) in [7, 11) is 0. The smallest absolute Gasteiger partial charge is 0.428 e. The second kappa shape index (κ2) is 8.45. The zero-order chi connectivity index (χ0) is 20.2. The van der Waals surface area contributed by atoms with E-state index < -0.39 is 40.1 Å². The molecule has 11 heteroatoms. The van der Waals surface area contributed by atoms with Gasteiger partial charge in [0.25, 0.3) is 5.91 Å². The van der Waals surface area contributed by atoms with Crippen LogP contribution in [-0.4, -0.2) is 22.9 Å². The van der Waals surface area contributed by atoms with Crippen LogP contribution in [0.2, 0.25) is 0 Å². The number of rotatable bonds is 5. The molecule has 0 saturated carbocycles. The molecule has 2 aromatic rings. The topological polar surface area (TPSA) is 67.4 Å². The molecule has 0 heterocycles. The molecule has 3 amide bonds. The first-order valence-electron chi connectivity index (χ1n) is 7.11. The maximum Gasteiger partial charge on any atom is 0.428 e. The largest absolute Gasteiger partial charge is 0.431 e. The first-order valence-corrected chi connectivity index (χ1v) is 7.99. The van der Waals surface area contributed by atoms with Gasteiger partial charge in [0.2, 0.25) is 4.84 Å². The average molecular weight is 425 g/mol. The van der Waals surface area contributed by atoms with Gasteiger partial charge in [-0.05, 0) is 36.4 Å². The third kappa shape index (κ3) is 5.48. The molecular formula is C16H10Cl2F4N2O3. The van der Waals surface area contributed by atoms with Crippen molar-refractivity contribution in [2.75, 3.05) is 5.32 Å². The fourth-order valence-electron chi connectivity index (χ4n) is 1.85. The second-order valence-electron chi connectivity index (χ2n) is 4.99. The Bertz CT molecular complexity index is 828. The highest BCUT2D eigenvalue weighted by atomic mass is 35.5. The molecule has 0 atom stereocenters. The van der Waals surface area contributed by atoms with E-state index in [-0.39, 0.29) is 11.4 Å². The summed E-state index contributed by atoms with van der Waals surface area (Å²) in [5, 5.41) is 3.92. The van der Waals surface area contributed by atoms with Crippen molar-refractivity contribution in [1.29, 1.82) is 0 Å². The number of anilines is 1. The van der Waals surface area contributed by atoms with Gasteiger partial charge < -0.3 is 10.1 Å². The van der Waals surface area contributed by atoms with E-state index in [0.717, 1.165) is 30.3 Å². The lowest BCUT2D eigenvalue weighted by molar-refractivity contribution is -0.163. The third-order valence-electron chi connectivity index (χ3n) is 3.04. The number of hydrogen-bond acceptors (Lipinski definition) is 3. The van der Waals surface area contributed by atoms with E-state index in [0.29, 0.717) is 0 Å². The maximum atomic E-state index is 13.5. The van der Waals surface area contributed by atoms with Crippen LogP contribution in [0.5, 0.6) is 5.75 Å². The summed E-state index contributed by atoms with van der Waals surface area (Å²) in [5.74, 6) is -3.86. The molecule has 0 aliphatic heterocycles. The second-order valence-corrected chi connectivity index (χ2v) is 6.09. The number of ether oxygens (including phenoxy) is 1. The van der Waals surface area contributed by atoms with Crippen LogP contribution in [-0.2, 0) is 0 Å². The molecular weight excluding hydrogens is 415 g/mol. The Labute approximate surface area is 160 Å². The predicted molar refractivity (Wildman–Crippen MR) is 90.4 cm³/mol. The highest BCUT2D eigenvalue weighted by Crippen LogP contribution is 2.30. The van der Waals surface area contributed by atoms with Crippen LogP contribution in [0.15, 0.2) is 42.5 Å². The van der Waals surface area contributed by atoms with Gasteiger partial charge in [-0.1, -0.05) is 29.3 Å². The Morgan fingerprint density at radius 2 is 1.56 bits per heavy atom. The number of alkyl halides is 4. The molecule has 0 aromatic heterocycles. The number of hydrogen-bond donors (Lipinski definition) is 2. The number of amides is 3. The van der Waals surface area contributed by atoms with Gasteiger partial charge in [-0.15, -0.1) is 0 Å². The molecule has 0 fully saturated rings. The van der Waals surface area contributed by atoms with Crippen LogP contribution >= 0.6 is 23.2 Å². The van der Waals surface area contributed by atoms with Crippen LogP contribution in [0.1, 0.15) is 10.4 Å². The van der Waals surface area contributed by atoms with Gasteiger partial charge in [0.15, 0.2) is 0 Å². The molecule has 0 bridgehead atoms. The molecule has 0 aliphatic carbocycles. The first kappa shape index (κ1) is 20.8. The predicted octanol–water partition coefficient (Wildman–Crippen LogP) is 4.70. The minimum Gasteiger partial charge on any atom is -0.431 e. The van der Waals surface area contributed by atoms with Crippen LogP contribution in [0.4, 0.5) is 28.0 Å². The van der Waals surface area contributed by atoms with Crippen molar-refractivity contribution in [3.63, 3.8) is 0 Å². The normalized spacial score (nSPS) is 11.2. The Kier molecular flexibility index (Phi) is 6.50. The highest BCUT2D eigenvalue weighted by molar-refractivity contribution is 6.44. The fourth-order valence-corrected chi connectivity index (χ4v) is 1.94. The Morgan fingerprint density at radius 3 is 2.07 bits per heavy atom. The molecule has 2 rings (SSSR count). The quantitative estimate of drug-likeness (QED) is 0.539. The van der Waals surface area contributed by atoms with Crippen LogP contribution in [0.3, 0.4) is 0 Å². The van der Waals surface area contributed by atoms with E-state index >= 15 is 0 Å². The standard InChI is InChI=1S/C16H10Cl2F4N2O3/c17-14(18)16(21,22)27-9-6-4-8(5-7-9)23-15(26)24-13(25)12-10(19)2-1-3-11(12)20/h1-7,14H,(H2,23,24,25,26). The molecule has 2 N–H and O–H groups in total. The van der Waals surface area contributed by atoms with E-state index in [9.17, 15) is 27.2 Å². The number of carbonyl (C=O) groups is 2. The van der Waals surface area contributed by atoms with E-state index in [1.165, 1.54) is 12.1 Å². The fraction of sp³-hybridized carbons (Fsp3) is 0.125. The van der Waals surface area contributed by atoms with Gasteiger partial charge in [-0.25, -0.2) is 13.6 Å². The Morgan fingerprint density at radius 1 is 1.00 bits per heavy atom. The minimum atomic E-state index is -3.83. The van der Waals surface area contributed by atoms with Gasteiger partial charge >= 0.3 is 12.1 Å². The van der Waals surface area contributed by atoms with E-state index in [1.54, 1.807) is 5.32 Å².